The molecule has 4 aromatic rings. The van der Waals surface area contributed by atoms with E-state index in [4.69, 9.17) is 18.0 Å². The van der Waals surface area contributed by atoms with Gasteiger partial charge in [-0.25, -0.2) is 14.3 Å². The highest BCUT2D eigenvalue weighted by atomic mass is 35.5. The Balaban J connectivity index is 1.83. The smallest absolute Gasteiger partial charge is 0.350 e. The van der Waals surface area contributed by atoms with Crippen molar-refractivity contribution < 1.29 is 11.0 Å². The number of fused-ring (bicyclic) bond motifs is 1. The summed E-state index contributed by atoms with van der Waals surface area (Å²) in [6.07, 6.45) is 2.13. The van der Waals surface area contributed by atoms with Crippen LogP contribution in [0.5, 0.6) is 0 Å². The molecule has 0 radical (unpaired) electrons. The van der Waals surface area contributed by atoms with Gasteiger partial charge in [0.25, 0.3) is 0 Å². The van der Waals surface area contributed by atoms with E-state index in [9.17, 15) is 14.4 Å². The number of anilines is 1. The number of piperazine rings is 1. The number of nitrogens with zero attached hydrogens (tertiary/aromatic N) is 6. The van der Waals surface area contributed by atoms with E-state index in [1.54, 1.807) is 41.4 Å². The molecule has 1 atom stereocenters. The van der Waals surface area contributed by atoms with Crippen LogP contribution in [0, 0.1) is 6.92 Å². The van der Waals surface area contributed by atoms with Crippen LogP contribution in [0.4, 0.5) is 5.82 Å². The van der Waals surface area contributed by atoms with Crippen molar-refractivity contribution in [2.45, 2.75) is 39.7 Å². The quantitative estimate of drug-likeness (QED) is 0.182. The van der Waals surface area contributed by atoms with Crippen LogP contribution >= 0.6 is 11.6 Å². The molecule has 0 bridgehead atoms. The highest BCUT2D eigenvalue weighted by Crippen LogP contribution is 2.36. The van der Waals surface area contributed by atoms with Gasteiger partial charge in [-0.1, -0.05) is 56.3 Å². The lowest BCUT2D eigenvalue weighted by molar-refractivity contribution is -0.126. The molecule has 10 heteroatoms. The molecule has 41 heavy (non-hydrogen) atoms. The number of hydrogen-bond donors (Lipinski definition) is 0. The van der Waals surface area contributed by atoms with Crippen molar-refractivity contribution in [1.82, 2.24) is 24.4 Å². The summed E-state index contributed by atoms with van der Waals surface area (Å²) in [5.74, 6) is 0.244. The first-order valence-corrected chi connectivity index (χ1v) is 13.8. The number of hydrogen-bond acceptors (Lipinski definition) is 7. The van der Waals surface area contributed by atoms with E-state index in [2.05, 4.69) is 16.5 Å². The van der Waals surface area contributed by atoms with Gasteiger partial charge < -0.3 is 9.80 Å². The molecule has 0 unspecified atom stereocenters. The second kappa shape index (κ2) is 11.2. The van der Waals surface area contributed by atoms with Crippen molar-refractivity contribution in [2.75, 3.05) is 24.5 Å². The third-order valence-electron chi connectivity index (χ3n) is 7.40. The minimum Gasteiger partial charge on any atom is -0.350 e. The molecular weight excluding hydrogens is 542 g/mol. The van der Waals surface area contributed by atoms with Crippen LogP contribution in [0.1, 0.15) is 49.7 Å². The first kappa shape index (κ1) is 26.8. The Labute approximate surface area is 244 Å². The van der Waals surface area contributed by atoms with Gasteiger partial charge in [0.15, 0.2) is 11.9 Å². The summed E-state index contributed by atoms with van der Waals surface area (Å²) < 4.78 is 9.25. The first-order valence-electron chi connectivity index (χ1n) is 13.9. The van der Waals surface area contributed by atoms with Crippen LogP contribution < -0.4 is 10.6 Å². The summed E-state index contributed by atoms with van der Waals surface area (Å²) in [6, 6.07) is 10.0. The molecule has 9 nitrogen and oxygen atoms in total. The van der Waals surface area contributed by atoms with Gasteiger partial charge in [-0.3, -0.25) is 14.6 Å². The van der Waals surface area contributed by atoms with Crippen LogP contribution in [-0.4, -0.2) is 62.3 Å². The van der Waals surface area contributed by atoms with E-state index in [-0.39, 0.29) is 34.1 Å². The minimum atomic E-state index is -0.873. The van der Waals surface area contributed by atoms with Crippen molar-refractivity contribution in [1.29, 1.82) is 0 Å². The number of benzene rings is 1. The van der Waals surface area contributed by atoms with Crippen LogP contribution in [0.25, 0.3) is 28.0 Å². The van der Waals surface area contributed by atoms with Crippen LogP contribution in [0.2, 0.25) is 5.02 Å². The van der Waals surface area contributed by atoms with Gasteiger partial charge in [-0.15, -0.1) is 0 Å². The van der Waals surface area contributed by atoms with Crippen molar-refractivity contribution in [2.24, 2.45) is 0 Å². The molecule has 1 fully saturated rings. The third-order valence-corrected chi connectivity index (χ3v) is 7.69. The third kappa shape index (κ3) is 5.02. The minimum absolute atomic E-state index is 0.00884. The molecule has 1 saturated heterocycles. The van der Waals surface area contributed by atoms with Crippen LogP contribution in [0.3, 0.4) is 0 Å². The Morgan fingerprint density at radius 1 is 1.24 bits per heavy atom. The van der Waals surface area contributed by atoms with Crippen molar-refractivity contribution in [3.8, 4) is 16.9 Å². The molecule has 210 valence electrons. The number of aldehydes is 1. The molecule has 5 rings (SSSR count). The van der Waals surface area contributed by atoms with E-state index in [1.807, 2.05) is 38.7 Å². The number of aryl methyl sites for hydroxylation is 1. The molecule has 1 aliphatic heterocycles. The van der Waals surface area contributed by atoms with E-state index >= 15 is 0 Å². The maximum absolute atomic E-state index is 14.0. The average molecular weight is 574 g/mol. The fourth-order valence-electron chi connectivity index (χ4n) is 5.38. The van der Waals surface area contributed by atoms with Crippen molar-refractivity contribution in [3.05, 3.63) is 87.6 Å². The lowest BCUT2D eigenvalue weighted by Gasteiger charge is -2.40. The molecular formula is C31H31ClN6O3. The number of aromatic nitrogens is 4. The van der Waals surface area contributed by atoms with Gasteiger partial charge in [-0.05, 0) is 43.5 Å². The monoisotopic (exact) mass is 573 g/mol. The number of carbonyl (C=O) groups excluding carboxylic acids is 2. The molecule has 0 aliphatic carbocycles. The van der Waals surface area contributed by atoms with E-state index < -0.39 is 12.0 Å². The van der Waals surface area contributed by atoms with Gasteiger partial charge in [0.1, 0.15) is 7.19 Å². The number of carbonyl (C=O) groups is 2. The SMILES string of the molecule is [2H]C(=O)c1ccccc1-c1nc2c(cc1Cl)c(N1CCN(C(=[18O])C=C)C[C@@H]1C)nc(=O)n2-c1c(C)ccnc1C(C)C. The summed E-state index contributed by atoms with van der Waals surface area (Å²) in [4.78, 5) is 56.3. The number of amides is 1. The zero-order chi connectivity index (χ0) is 30.3. The summed E-state index contributed by atoms with van der Waals surface area (Å²) in [6.45, 7) is 12.7. The Kier molecular flexibility index (Phi) is 7.36. The highest BCUT2D eigenvalue weighted by molar-refractivity contribution is 6.34. The topological polar surface area (TPSA) is 101 Å². The maximum Gasteiger partial charge on any atom is 0.355 e. The zero-order valence-electron chi connectivity index (χ0n) is 24.4. The Morgan fingerprint density at radius 2 is 2.00 bits per heavy atom. The fourth-order valence-corrected chi connectivity index (χ4v) is 5.63. The van der Waals surface area contributed by atoms with Gasteiger partial charge in [-0.2, -0.15) is 4.98 Å². The Bertz CT molecular complexity index is 1800. The predicted molar refractivity (Wildman–Crippen MR) is 161 cm³/mol. The molecule has 1 aliphatic rings. The Morgan fingerprint density at radius 3 is 2.68 bits per heavy atom. The Hall–Kier alpha value is -4.37. The first-order chi connectivity index (χ1) is 20.0. The van der Waals surface area contributed by atoms with E-state index in [0.29, 0.717) is 53.4 Å². The van der Waals surface area contributed by atoms with Gasteiger partial charge in [0, 0.05) is 43.0 Å². The summed E-state index contributed by atoms with van der Waals surface area (Å²) in [5, 5.41) is 0.774. The van der Waals surface area contributed by atoms with Crippen LogP contribution in [-0.2, 0) is 4.79 Å². The number of pyridine rings is 2. The molecule has 0 spiro atoms. The number of rotatable bonds is 6. The van der Waals surface area contributed by atoms with E-state index in [1.165, 1.54) is 10.6 Å². The molecule has 1 amide bonds. The molecule has 4 heterocycles. The second-order valence-corrected chi connectivity index (χ2v) is 10.8. The maximum atomic E-state index is 14.0. The summed E-state index contributed by atoms with van der Waals surface area (Å²) >= 11 is 6.85. The molecule has 1 aromatic carbocycles. The van der Waals surface area contributed by atoms with Crippen LogP contribution in [0.15, 0.2) is 60.0 Å². The molecule has 0 saturated carbocycles. The zero-order valence-corrected chi connectivity index (χ0v) is 24.1. The number of halogens is 1. The normalized spacial score (nSPS) is 15.8. The van der Waals surface area contributed by atoms with Crippen molar-refractivity contribution in [3.63, 3.8) is 0 Å². The predicted octanol–water partition coefficient (Wildman–Crippen LogP) is 4.96. The lowest BCUT2D eigenvalue weighted by atomic mass is 10.0. The largest absolute Gasteiger partial charge is 0.355 e. The standard InChI is InChI=1S/C31H31ClN6O3/c1-6-25(40)36-13-14-37(20(5)16-36)29-23-15-24(32)27(22-10-8-7-9-21(22)17-39)34-30(23)38(31(41)35-29)28-19(4)11-12-33-26(28)18(2)3/h6-12,15,17-18,20H,1,13-14,16H2,2-5H3/t20-/m0/s1/i17D,40+2. The van der Waals surface area contributed by atoms with Crippen molar-refractivity contribution >= 4 is 40.6 Å². The van der Waals surface area contributed by atoms with E-state index in [0.717, 1.165) is 5.56 Å². The van der Waals surface area contributed by atoms with Gasteiger partial charge >= 0.3 is 5.69 Å². The molecule has 0 N–H and O–H groups in total. The van der Waals surface area contributed by atoms with Gasteiger partial charge in [0.05, 0.1) is 27.5 Å². The highest BCUT2D eigenvalue weighted by Gasteiger charge is 2.30. The summed E-state index contributed by atoms with van der Waals surface area (Å²) in [5.41, 5.74) is 2.67. The molecule has 3 aromatic heterocycles. The van der Waals surface area contributed by atoms with Gasteiger partial charge in [0.2, 0.25) is 5.91 Å². The summed E-state index contributed by atoms with van der Waals surface area (Å²) in [7, 11) is 0. The second-order valence-electron chi connectivity index (χ2n) is 10.4. The lowest BCUT2D eigenvalue weighted by Crippen LogP contribution is -2.54. The fraction of sp³-hybridized carbons (Fsp3) is 0.290. The average Bonchev–Trinajstić information content (AvgIpc) is 2.96.